The summed E-state index contributed by atoms with van der Waals surface area (Å²) >= 11 is 0. The lowest BCUT2D eigenvalue weighted by atomic mass is 10.0. The maximum atomic E-state index is 13.3. The highest BCUT2D eigenvalue weighted by Gasteiger charge is 2.25. The number of ether oxygens (including phenoxy) is 2. The Balaban J connectivity index is 1.54. The van der Waals surface area contributed by atoms with Gasteiger partial charge in [0.15, 0.2) is 11.5 Å². The molecule has 0 aliphatic carbocycles. The van der Waals surface area contributed by atoms with E-state index in [4.69, 9.17) is 9.47 Å². The Morgan fingerprint density at radius 1 is 1.14 bits per heavy atom. The van der Waals surface area contributed by atoms with Gasteiger partial charge in [-0.25, -0.2) is 4.98 Å². The number of fused-ring (bicyclic) bond motifs is 1. The molecule has 1 unspecified atom stereocenters. The summed E-state index contributed by atoms with van der Waals surface area (Å²) in [4.78, 5) is 19.4. The number of hydrogen-bond acceptors (Lipinski definition) is 4. The van der Waals surface area contributed by atoms with Crippen molar-refractivity contribution in [1.82, 2.24) is 14.5 Å². The zero-order chi connectivity index (χ0) is 20.2. The largest absolute Gasteiger partial charge is 0.454 e. The second-order valence-electron chi connectivity index (χ2n) is 7.38. The normalized spacial score (nSPS) is 13.3. The summed E-state index contributed by atoms with van der Waals surface area (Å²) in [5.41, 5.74) is 2.86. The van der Waals surface area contributed by atoms with E-state index in [9.17, 15) is 4.79 Å². The second-order valence-corrected chi connectivity index (χ2v) is 7.38. The Bertz CT molecular complexity index is 984. The predicted molar refractivity (Wildman–Crippen MR) is 110 cm³/mol. The van der Waals surface area contributed by atoms with Crippen LogP contribution in [0.25, 0.3) is 0 Å². The van der Waals surface area contributed by atoms with Crippen molar-refractivity contribution in [3.8, 4) is 11.5 Å². The summed E-state index contributed by atoms with van der Waals surface area (Å²) in [5.74, 6) is 1.45. The second kappa shape index (κ2) is 8.39. The zero-order valence-electron chi connectivity index (χ0n) is 16.7. The summed E-state index contributed by atoms with van der Waals surface area (Å²) in [6.45, 7) is 2.84. The summed E-state index contributed by atoms with van der Waals surface area (Å²) < 4.78 is 12.7. The summed E-state index contributed by atoms with van der Waals surface area (Å²) in [5, 5.41) is 0. The van der Waals surface area contributed by atoms with Gasteiger partial charge in [0.1, 0.15) is 5.69 Å². The van der Waals surface area contributed by atoms with Crippen molar-refractivity contribution < 1.29 is 14.3 Å². The van der Waals surface area contributed by atoms with Crippen LogP contribution in [0.2, 0.25) is 0 Å². The van der Waals surface area contributed by atoms with Crippen LogP contribution in [0.15, 0.2) is 61.1 Å². The van der Waals surface area contributed by atoms with Gasteiger partial charge in [-0.2, -0.15) is 0 Å². The van der Waals surface area contributed by atoms with Crippen LogP contribution < -0.4 is 9.47 Å². The molecule has 1 aromatic heterocycles. The lowest BCUT2D eigenvalue weighted by molar-refractivity contribution is 0.0657. The van der Waals surface area contributed by atoms with Crippen LogP contribution in [0.4, 0.5) is 0 Å². The molecular formula is C23H25N3O3. The van der Waals surface area contributed by atoms with Crippen molar-refractivity contribution in [2.45, 2.75) is 32.4 Å². The van der Waals surface area contributed by atoms with Gasteiger partial charge in [-0.15, -0.1) is 0 Å². The molecule has 0 spiro atoms. The van der Waals surface area contributed by atoms with Crippen LogP contribution in [0.5, 0.6) is 11.5 Å². The van der Waals surface area contributed by atoms with E-state index in [1.807, 2.05) is 48.3 Å². The fraction of sp³-hybridized carbons (Fsp3) is 0.304. The molecule has 6 nitrogen and oxygen atoms in total. The lowest BCUT2D eigenvalue weighted by Gasteiger charge is -2.30. The van der Waals surface area contributed by atoms with E-state index < -0.39 is 0 Å². The van der Waals surface area contributed by atoms with E-state index in [1.54, 1.807) is 17.1 Å². The molecule has 0 bridgehead atoms. The molecule has 29 heavy (non-hydrogen) atoms. The first-order valence-electron chi connectivity index (χ1n) is 9.81. The highest BCUT2D eigenvalue weighted by Crippen LogP contribution is 2.33. The summed E-state index contributed by atoms with van der Waals surface area (Å²) in [7, 11) is 1.84. The molecule has 3 aromatic rings. The number of benzene rings is 2. The van der Waals surface area contributed by atoms with Crippen molar-refractivity contribution in [2.24, 2.45) is 7.05 Å². The van der Waals surface area contributed by atoms with Crippen molar-refractivity contribution >= 4 is 5.91 Å². The van der Waals surface area contributed by atoms with E-state index in [2.05, 4.69) is 24.0 Å². The Hall–Kier alpha value is -3.28. The molecule has 2 heterocycles. The van der Waals surface area contributed by atoms with E-state index in [1.165, 1.54) is 5.56 Å². The van der Waals surface area contributed by atoms with Crippen LogP contribution in [0.1, 0.15) is 35.0 Å². The molecule has 1 aliphatic rings. The minimum absolute atomic E-state index is 0.0248. The van der Waals surface area contributed by atoms with E-state index in [-0.39, 0.29) is 18.7 Å². The van der Waals surface area contributed by atoms with Gasteiger partial charge < -0.3 is 18.9 Å². The third kappa shape index (κ3) is 4.26. The van der Waals surface area contributed by atoms with Crippen molar-refractivity contribution in [3.63, 3.8) is 0 Å². The number of hydrogen-bond donors (Lipinski definition) is 0. The first kappa shape index (κ1) is 19.1. The van der Waals surface area contributed by atoms with Gasteiger partial charge in [-0.3, -0.25) is 4.79 Å². The zero-order valence-corrected chi connectivity index (χ0v) is 16.7. The lowest BCUT2D eigenvalue weighted by Crippen LogP contribution is -2.39. The van der Waals surface area contributed by atoms with Crippen LogP contribution >= 0.6 is 0 Å². The Labute approximate surface area is 170 Å². The van der Waals surface area contributed by atoms with Gasteiger partial charge in [-0.1, -0.05) is 36.4 Å². The molecule has 150 valence electrons. The molecule has 0 radical (unpaired) electrons. The number of amides is 1. The summed E-state index contributed by atoms with van der Waals surface area (Å²) in [6.07, 6.45) is 5.07. The maximum Gasteiger partial charge on any atom is 0.272 e. The van der Waals surface area contributed by atoms with Crippen LogP contribution in [-0.4, -0.2) is 33.2 Å². The van der Waals surface area contributed by atoms with Crippen molar-refractivity contribution in [1.29, 1.82) is 0 Å². The number of imidazole rings is 1. The number of nitrogens with zero attached hydrogens (tertiary/aromatic N) is 3. The average Bonchev–Trinajstić information content (AvgIpc) is 3.38. The molecule has 0 fully saturated rings. The van der Waals surface area contributed by atoms with Gasteiger partial charge >= 0.3 is 0 Å². The van der Waals surface area contributed by atoms with Crippen LogP contribution in [0, 0.1) is 0 Å². The molecule has 1 atom stereocenters. The van der Waals surface area contributed by atoms with Gasteiger partial charge in [0.25, 0.3) is 5.91 Å². The Morgan fingerprint density at radius 2 is 1.93 bits per heavy atom. The van der Waals surface area contributed by atoms with E-state index in [0.29, 0.717) is 12.2 Å². The number of carbonyl (C=O) groups is 1. The SMILES string of the molecule is CC(CCc1ccccc1)N(Cc1ccc2c(c1)OCO2)C(=O)c1cncn1C. The third-order valence-corrected chi connectivity index (χ3v) is 5.31. The molecule has 0 N–H and O–H groups in total. The molecule has 4 rings (SSSR count). The fourth-order valence-electron chi connectivity index (χ4n) is 3.55. The highest BCUT2D eigenvalue weighted by molar-refractivity contribution is 5.92. The standard InChI is InChI=1S/C23H25N3O3/c1-17(8-9-18-6-4-3-5-7-18)26(23(27)20-13-24-15-25(20)2)14-19-10-11-21-22(12-19)29-16-28-21/h3-7,10-13,15,17H,8-9,14,16H2,1-2H3. The van der Waals surface area contributed by atoms with Gasteiger partial charge in [0.2, 0.25) is 6.79 Å². The van der Waals surface area contributed by atoms with Crippen molar-refractivity contribution in [2.75, 3.05) is 6.79 Å². The number of aryl methyl sites for hydroxylation is 2. The quantitative estimate of drug-likeness (QED) is 0.615. The maximum absolute atomic E-state index is 13.3. The Morgan fingerprint density at radius 3 is 2.69 bits per heavy atom. The fourth-order valence-corrected chi connectivity index (χ4v) is 3.55. The minimum Gasteiger partial charge on any atom is -0.454 e. The number of aromatic nitrogens is 2. The third-order valence-electron chi connectivity index (χ3n) is 5.31. The molecule has 6 heteroatoms. The first-order chi connectivity index (χ1) is 14.1. The van der Waals surface area contributed by atoms with Gasteiger partial charge in [0.05, 0.1) is 12.5 Å². The highest BCUT2D eigenvalue weighted by atomic mass is 16.7. The summed E-state index contributed by atoms with van der Waals surface area (Å²) in [6, 6.07) is 16.3. The number of carbonyl (C=O) groups excluding carboxylic acids is 1. The molecule has 0 saturated heterocycles. The Kier molecular flexibility index (Phi) is 5.51. The molecule has 0 saturated carbocycles. The van der Waals surface area contributed by atoms with Crippen molar-refractivity contribution in [3.05, 3.63) is 77.9 Å². The molecule has 1 aliphatic heterocycles. The topological polar surface area (TPSA) is 56.6 Å². The molecule has 2 aromatic carbocycles. The minimum atomic E-state index is -0.0248. The van der Waals surface area contributed by atoms with E-state index >= 15 is 0 Å². The van der Waals surface area contributed by atoms with E-state index in [0.717, 1.165) is 29.9 Å². The van der Waals surface area contributed by atoms with Gasteiger partial charge in [-0.05, 0) is 43.0 Å². The number of rotatable bonds is 7. The smallest absolute Gasteiger partial charge is 0.272 e. The monoisotopic (exact) mass is 391 g/mol. The van der Waals surface area contributed by atoms with Crippen LogP contribution in [0.3, 0.4) is 0 Å². The molecule has 1 amide bonds. The van der Waals surface area contributed by atoms with Crippen LogP contribution in [-0.2, 0) is 20.0 Å². The first-order valence-corrected chi connectivity index (χ1v) is 9.81. The predicted octanol–water partition coefficient (Wildman–Crippen LogP) is 3.81. The average molecular weight is 391 g/mol. The van der Waals surface area contributed by atoms with Gasteiger partial charge in [0, 0.05) is 19.6 Å². The molecular weight excluding hydrogens is 366 g/mol.